The van der Waals surface area contributed by atoms with Gasteiger partial charge in [-0.05, 0) is 37.7 Å². The van der Waals surface area contributed by atoms with Crippen molar-refractivity contribution < 1.29 is 0 Å². The van der Waals surface area contributed by atoms with Crippen molar-refractivity contribution in [3.63, 3.8) is 0 Å². The molecule has 2 rings (SSSR count). The number of hydrogen-bond donors (Lipinski definition) is 1. The highest BCUT2D eigenvalue weighted by Gasteiger charge is 2.25. The molecule has 1 atom stereocenters. The number of hydrogen-bond acceptors (Lipinski definition) is 3. The maximum Gasteiger partial charge on any atom is 0.125 e. The second-order valence-corrected chi connectivity index (χ2v) is 5.07. The van der Waals surface area contributed by atoms with E-state index in [0.29, 0.717) is 5.92 Å². The van der Waals surface area contributed by atoms with Crippen LogP contribution in [0.4, 0.5) is 0 Å². The Morgan fingerprint density at radius 2 is 2.00 bits per heavy atom. The number of aromatic nitrogens is 2. The topological polar surface area (TPSA) is 51.8 Å². The molecule has 1 aliphatic rings. The minimum atomic E-state index is 0.0919. The Hall–Kier alpha value is -0.960. The molecule has 0 bridgehead atoms. The van der Waals surface area contributed by atoms with E-state index in [2.05, 4.69) is 16.9 Å². The molecule has 0 aromatic carbocycles. The molecule has 1 heterocycles. The van der Waals surface area contributed by atoms with E-state index >= 15 is 0 Å². The molecule has 0 radical (unpaired) electrons. The van der Waals surface area contributed by atoms with Crippen LogP contribution in [0, 0.1) is 18.8 Å². The molecule has 0 aliphatic heterocycles. The smallest absolute Gasteiger partial charge is 0.125 e. The summed E-state index contributed by atoms with van der Waals surface area (Å²) in [6.45, 7) is 4.25. The number of rotatable bonds is 2. The molecular weight excluding hydrogens is 198 g/mol. The molecule has 1 unspecified atom stereocenters. The summed E-state index contributed by atoms with van der Waals surface area (Å²) in [6, 6.07) is 2.05. The molecule has 2 N–H and O–H groups in total. The first-order chi connectivity index (χ1) is 7.66. The van der Waals surface area contributed by atoms with Crippen LogP contribution in [-0.2, 0) is 0 Å². The van der Waals surface area contributed by atoms with E-state index in [4.69, 9.17) is 5.73 Å². The van der Waals surface area contributed by atoms with Gasteiger partial charge in [0.2, 0.25) is 0 Å². The molecule has 1 aromatic heterocycles. The van der Waals surface area contributed by atoms with Crippen LogP contribution in [0.25, 0.3) is 0 Å². The molecule has 0 amide bonds. The van der Waals surface area contributed by atoms with E-state index in [-0.39, 0.29) is 6.04 Å². The largest absolute Gasteiger partial charge is 0.322 e. The third-order valence-corrected chi connectivity index (χ3v) is 3.71. The lowest BCUT2D eigenvalue weighted by Gasteiger charge is -2.30. The van der Waals surface area contributed by atoms with Crippen LogP contribution in [0.2, 0.25) is 0 Å². The number of nitrogens with two attached hydrogens (primary N) is 1. The van der Waals surface area contributed by atoms with Crippen LogP contribution < -0.4 is 5.73 Å². The van der Waals surface area contributed by atoms with Gasteiger partial charge >= 0.3 is 0 Å². The van der Waals surface area contributed by atoms with E-state index in [9.17, 15) is 0 Å². The number of aryl methyl sites for hydroxylation is 1. The fraction of sp³-hybridized carbons (Fsp3) is 0.692. The Labute approximate surface area is 97.5 Å². The molecule has 0 saturated heterocycles. The van der Waals surface area contributed by atoms with Gasteiger partial charge < -0.3 is 5.73 Å². The number of nitrogens with zero attached hydrogens (tertiary/aromatic N) is 2. The maximum absolute atomic E-state index is 6.29. The van der Waals surface area contributed by atoms with Gasteiger partial charge in [-0.15, -0.1) is 0 Å². The highest BCUT2D eigenvalue weighted by molar-refractivity contribution is 5.08. The third-order valence-electron chi connectivity index (χ3n) is 3.71. The Balaban J connectivity index is 2.04. The van der Waals surface area contributed by atoms with E-state index in [1.165, 1.54) is 25.7 Å². The fourth-order valence-electron chi connectivity index (χ4n) is 2.55. The van der Waals surface area contributed by atoms with Crippen LogP contribution in [0.1, 0.15) is 50.2 Å². The summed E-state index contributed by atoms with van der Waals surface area (Å²) in [7, 11) is 0. The summed E-state index contributed by atoms with van der Waals surface area (Å²) in [5.74, 6) is 2.29. The molecule has 3 heteroatoms. The van der Waals surface area contributed by atoms with Crippen molar-refractivity contribution >= 4 is 0 Å². The standard InChI is InChI=1S/C13H21N3/c1-9-3-5-11(6-4-9)13(14)12-7-8-15-10(2)16-12/h7-9,11,13H,3-6,14H2,1-2H3. The molecule has 88 valence electrons. The lowest BCUT2D eigenvalue weighted by molar-refractivity contribution is 0.253. The zero-order valence-corrected chi connectivity index (χ0v) is 10.2. The zero-order chi connectivity index (χ0) is 11.5. The van der Waals surface area contributed by atoms with Gasteiger partial charge in [-0.3, -0.25) is 0 Å². The van der Waals surface area contributed by atoms with Crippen LogP contribution >= 0.6 is 0 Å². The van der Waals surface area contributed by atoms with Gasteiger partial charge in [0.15, 0.2) is 0 Å². The van der Waals surface area contributed by atoms with Crippen molar-refractivity contribution in [1.29, 1.82) is 0 Å². The minimum Gasteiger partial charge on any atom is -0.322 e. The monoisotopic (exact) mass is 219 g/mol. The van der Waals surface area contributed by atoms with Crippen LogP contribution in [-0.4, -0.2) is 9.97 Å². The van der Waals surface area contributed by atoms with Crippen LogP contribution in [0.3, 0.4) is 0 Å². The lowest BCUT2D eigenvalue weighted by atomic mass is 9.78. The Morgan fingerprint density at radius 3 is 2.62 bits per heavy atom. The maximum atomic E-state index is 6.29. The average Bonchev–Trinajstić information content (AvgIpc) is 2.29. The second-order valence-electron chi connectivity index (χ2n) is 5.07. The van der Waals surface area contributed by atoms with Gasteiger partial charge in [0.25, 0.3) is 0 Å². The summed E-state index contributed by atoms with van der Waals surface area (Å²) in [6.07, 6.45) is 6.91. The summed E-state index contributed by atoms with van der Waals surface area (Å²) < 4.78 is 0. The molecular formula is C13H21N3. The minimum absolute atomic E-state index is 0.0919. The van der Waals surface area contributed by atoms with Gasteiger partial charge in [-0.1, -0.05) is 19.8 Å². The van der Waals surface area contributed by atoms with Crippen molar-refractivity contribution in [1.82, 2.24) is 9.97 Å². The Morgan fingerprint density at radius 1 is 1.31 bits per heavy atom. The average molecular weight is 219 g/mol. The highest BCUT2D eigenvalue weighted by atomic mass is 14.9. The van der Waals surface area contributed by atoms with E-state index in [1.54, 1.807) is 0 Å². The Bertz CT molecular complexity index is 343. The lowest BCUT2D eigenvalue weighted by Crippen LogP contribution is -2.26. The molecule has 3 nitrogen and oxygen atoms in total. The summed E-state index contributed by atoms with van der Waals surface area (Å²) >= 11 is 0. The quantitative estimate of drug-likeness (QED) is 0.831. The second kappa shape index (κ2) is 4.91. The zero-order valence-electron chi connectivity index (χ0n) is 10.2. The van der Waals surface area contributed by atoms with Gasteiger partial charge in [0, 0.05) is 12.2 Å². The Kier molecular flexibility index (Phi) is 3.54. The molecule has 1 aromatic rings. The normalized spacial score (nSPS) is 27.7. The van der Waals surface area contributed by atoms with Crippen molar-refractivity contribution in [2.75, 3.05) is 0 Å². The van der Waals surface area contributed by atoms with E-state index < -0.39 is 0 Å². The van der Waals surface area contributed by atoms with Gasteiger partial charge in [-0.25, -0.2) is 9.97 Å². The highest BCUT2D eigenvalue weighted by Crippen LogP contribution is 2.34. The van der Waals surface area contributed by atoms with Crippen molar-refractivity contribution in [2.45, 2.75) is 45.6 Å². The van der Waals surface area contributed by atoms with Gasteiger partial charge in [-0.2, -0.15) is 0 Å². The third kappa shape index (κ3) is 2.59. The molecule has 16 heavy (non-hydrogen) atoms. The van der Waals surface area contributed by atoms with Crippen molar-refractivity contribution in [2.24, 2.45) is 17.6 Å². The molecule has 0 spiro atoms. The first-order valence-corrected chi connectivity index (χ1v) is 6.22. The summed E-state index contributed by atoms with van der Waals surface area (Å²) in [5.41, 5.74) is 7.30. The van der Waals surface area contributed by atoms with Crippen molar-refractivity contribution in [3.05, 3.63) is 23.8 Å². The van der Waals surface area contributed by atoms with Crippen molar-refractivity contribution in [3.8, 4) is 0 Å². The fourth-order valence-corrected chi connectivity index (χ4v) is 2.55. The van der Waals surface area contributed by atoms with Crippen LogP contribution in [0.5, 0.6) is 0 Å². The summed E-state index contributed by atoms with van der Waals surface area (Å²) in [4.78, 5) is 8.54. The first kappa shape index (κ1) is 11.5. The van der Waals surface area contributed by atoms with E-state index in [1.807, 2.05) is 19.2 Å². The SMILES string of the molecule is Cc1nccc(C(N)C2CCC(C)CC2)n1. The predicted molar refractivity (Wildman–Crippen MR) is 64.8 cm³/mol. The van der Waals surface area contributed by atoms with E-state index in [0.717, 1.165) is 17.4 Å². The van der Waals surface area contributed by atoms with Gasteiger partial charge in [0.1, 0.15) is 5.82 Å². The first-order valence-electron chi connectivity index (χ1n) is 6.22. The molecule has 1 aliphatic carbocycles. The summed E-state index contributed by atoms with van der Waals surface area (Å²) in [5, 5.41) is 0. The van der Waals surface area contributed by atoms with Crippen LogP contribution in [0.15, 0.2) is 12.3 Å². The van der Waals surface area contributed by atoms with Gasteiger partial charge in [0.05, 0.1) is 5.69 Å². The predicted octanol–water partition coefficient (Wildman–Crippen LogP) is 2.61. The molecule has 1 fully saturated rings. The molecule has 1 saturated carbocycles.